The van der Waals surface area contributed by atoms with Gasteiger partial charge in [0.25, 0.3) is 0 Å². The first-order chi connectivity index (χ1) is 7.34. The summed E-state index contributed by atoms with van der Waals surface area (Å²) in [6.45, 7) is 0.721. The number of anilines is 2. The second-order valence-corrected chi connectivity index (χ2v) is 3.17. The van der Waals surface area contributed by atoms with Crippen molar-refractivity contribution in [3.8, 4) is 0 Å². The van der Waals surface area contributed by atoms with Gasteiger partial charge in [-0.25, -0.2) is 4.98 Å². The van der Waals surface area contributed by atoms with Crippen LogP contribution >= 0.6 is 0 Å². The molecule has 0 saturated heterocycles. The van der Waals surface area contributed by atoms with E-state index in [1.807, 2.05) is 30.3 Å². The lowest BCUT2D eigenvalue weighted by molar-refractivity contribution is 1.09. The van der Waals surface area contributed by atoms with E-state index in [2.05, 4.69) is 15.3 Å². The Kier molecular flexibility index (Phi) is 2.78. The van der Waals surface area contributed by atoms with Crippen molar-refractivity contribution in [1.29, 1.82) is 0 Å². The van der Waals surface area contributed by atoms with E-state index in [0.29, 0.717) is 11.6 Å². The van der Waals surface area contributed by atoms with E-state index in [4.69, 9.17) is 5.73 Å². The highest BCUT2D eigenvalue weighted by atomic mass is 15.0. The molecule has 4 heteroatoms. The van der Waals surface area contributed by atoms with Crippen molar-refractivity contribution < 1.29 is 0 Å². The second-order valence-electron chi connectivity index (χ2n) is 3.17. The quantitative estimate of drug-likeness (QED) is 0.791. The Labute approximate surface area is 88.2 Å². The highest BCUT2D eigenvalue weighted by Gasteiger charge is 1.95. The Morgan fingerprint density at radius 1 is 1.13 bits per heavy atom. The van der Waals surface area contributed by atoms with Gasteiger partial charge in [-0.05, 0) is 5.56 Å². The molecule has 0 saturated carbocycles. The number of nitrogens with zero attached hydrogens (tertiary/aromatic N) is 2. The van der Waals surface area contributed by atoms with Crippen LogP contribution in [-0.2, 0) is 6.54 Å². The summed E-state index contributed by atoms with van der Waals surface area (Å²) < 4.78 is 0. The molecule has 2 aromatic rings. The number of nitrogen functional groups attached to an aromatic ring is 1. The predicted molar refractivity (Wildman–Crippen MR) is 60.2 cm³/mol. The van der Waals surface area contributed by atoms with Crippen molar-refractivity contribution in [2.45, 2.75) is 6.54 Å². The third-order valence-electron chi connectivity index (χ3n) is 1.97. The van der Waals surface area contributed by atoms with Gasteiger partial charge in [-0.2, -0.15) is 0 Å². The lowest BCUT2D eigenvalue weighted by atomic mass is 10.2. The lowest BCUT2D eigenvalue weighted by Gasteiger charge is -2.05. The minimum atomic E-state index is 0.424. The Hall–Kier alpha value is -2.10. The molecular weight excluding hydrogens is 188 g/mol. The lowest BCUT2D eigenvalue weighted by Crippen LogP contribution is -2.03. The second kappa shape index (κ2) is 4.41. The summed E-state index contributed by atoms with van der Waals surface area (Å²) in [6.07, 6.45) is 3.17. The smallest absolute Gasteiger partial charge is 0.147 e. The molecule has 3 N–H and O–H groups in total. The number of nitrogens with two attached hydrogens (primary N) is 1. The highest BCUT2D eigenvalue weighted by molar-refractivity contribution is 5.39. The maximum atomic E-state index is 5.51. The van der Waals surface area contributed by atoms with Crippen molar-refractivity contribution in [3.05, 3.63) is 48.3 Å². The predicted octanol–water partition coefficient (Wildman–Crippen LogP) is 1.67. The highest BCUT2D eigenvalue weighted by Crippen LogP contribution is 2.06. The fourth-order valence-electron chi connectivity index (χ4n) is 1.25. The summed E-state index contributed by atoms with van der Waals surface area (Å²) in [5, 5.41) is 3.15. The first-order valence-electron chi connectivity index (χ1n) is 4.70. The van der Waals surface area contributed by atoms with Crippen LogP contribution in [0.4, 0.5) is 11.6 Å². The van der Waals surface area contributed by atoms with Crippen LogP contribution in [0, 0.1) is 0 Å². The summed E-state index contributed by atoms with van der Waals surface area (Å²) in [7, 11) is 0. The number of rotatable bonds is 3. The van der Waals surface area contributed by atoms with Gasteiger partial charge in [-0.1, -0.05) is 30.3 Å². The monoisotopic (exact) mass is 200 g/mol. The molecule has 0 aliphatic heterocycles. The third kappa shape index (κ3) is 2.67. The largest absolute Gasteiger partial charge is 0.382 e. The van der Waals surface area contributed by atoms with E-state index in [9.17, 15) is 0 Å². The number of hydrogen-bond acceptors (Lipinski definition) is 4. The van der Waals surface area contributed by atoms with Crippen LogP contribution in [0.3, 0.4) is 0 Å². The average Bonchev–Trinajstić information content (AvgIpc) is 2.28. The molecule has 0 unspecified atom stereocenters. The van der Waals surface area contributed by atoms with Crippen LogP contribution in [0.15, 0.2) is 42.7 Å². The standard InChI is InChI=1S/C11H12N4/c12-10-7-13-8-11(15-10)14-6-9-4-2-1-3-5-9/h1-5,7-8H,6H2,(H3,12,14,15). The molecule has 0 fully saturated rings. The number of nitrogens with one attached hydrogen (secondary N) is 1. The first kappa shape index (κ1) is 9.45. The molecule has 0 atom stereocenters. The van der Waals surface area contributed by atoms with Crippen molar-refractivity contribution in [1.82, 2.24) is 9.97 Å². The molecule has 0 aliphatic rings. The average molecular weight is 200 g/mol. The number of benzene rings is 1. The van der Waals surface area contributed by atoms with Crippen LogP contribution in [-0.4, -0.2) is 9.97 Å². The van der Waals surface area contributed by atoms with Crippen molar-refractivity contribution >= 4 is 11.6 Å². The topological polar surface area (TPSA) is 63.8 Å². The summed E-state index contributed by atoms with van der Waals surface area (Å²) in [4.78, 5) is 8.04. The van der Waals surface area contributed by atoms with Crippen LogP contribution in [0.1, 0.15) is 5.56 Å². The molecule has 15 heavy (non-hydrogen) atoms. The molecule has 0 radical (unpaired) electrons. The third-order valence-corrected chi connectivity index (χ3v) is 1.97. The van der Waals surface area contributed by atoms with Crippen molar-refractivity contribution in [3.63, 3.8) is 0 Å². The van der Waals surface area contributed by atoms with Crippen LogP contribution < -0.4 is 11.1 Å². The van der Waals surface area contributed by atoms with Gasteiger partial charge < -0.3 is 11.1 Å². The fraction of sp³-hybridized carbons (Fsp3) is 0.0909. The maximum Gasteiger partial charge on any atom is 0.147 e. The molecule has 4 nitrogen and oxygen atoms in total. The summed E-state index contributed by atoms with van der Waals surface area (Å²) in [6, 6.07) is 10.1. The summed E-state index contributed by atoms with van der Waals surface area (Å²) >= 11 is 0. The molecule has 0 bridgehead atoms. The Bertz CT molecular complexity index is 428. The van der Waals surface area contributed by atoms with Gasteiger partial charge in [0.15, 0.2) is 0 Å². The first-order valence-corrected chi connectivity index (χ1v) is 4.70. The Morgan fingerprint density at radius 3 is 2.67 bits per heavy atom. The van der Waals surface area contributed by atoms with E-state index in [0.717, 1.165) is 6.54 Å². The fourth-order valence-corrected chi connectivity index (χ4v) is 1.25. The van der Waals surface area contributed by atoms with Gasteiger partial charge in [0.2, 0.25) is 0 Å². The van der Waals surface area contributed by atoms with Crippen molar-refractivity contribution in [2.75, 3.05) is 11.1 Å². The van der Waals surface area contributed by atoms with E-state index in [-0.39, 0.29) is 0 Å². The zero-order valence-corrected chi connectivity index (χ0v) is 8.22. The van der Waals surface area contributed by atoms with E-state index in [1.165, 1.54) is 11.8 Å². The molecular formula is C11H12N4. The van der Waals surface area contributed by atoms with Gasteiger partial charge in [0, 0.05) is 6.54 Å². The SMILES string of the molecule is Nc1cncc(NCc2ccccc2)n1. The van der Waals surface area contributed by atoms with Gasteiger partial charge in [0.1, 0.15) is 11.6 Å². The van der Waals surface area contributed by atoms with E-state index >= 15 is 0 Å². The van der Waals surface area contributed by atoms with Gasteiger partial charge >= 0.3 is 0 Å². The number of aromatic nitrogens is 2. The van der Waals surface area contributed by atoms with Gasteiger partial charge in [-0.15, -0.1) is 0 Å². The van der Waals surface area contributed by atoms with E-state index in [1.54, 1.807) is 6.20 Å². The molecule has 0 aliphatic carbocycles. The van der Waals surface area contributed by atoms with Gasteiger partial charge in [-0.3, -0.25) is 4.98 Å². The molecule has 76 valence electrons. The van der Waals surface area contributed by atoms with Crippen LogP contribution in [0.25, 0.3) is 0 Å². The molecule has 0 amide bonds. The zero-order valence-electron chi connectivity index (χ0n) is 8.22. The molecule has 1 aromatic carbocycles. The Morgan fingerprint density at radius 2 is 1.93 bits per heavy atom. The molecule has 2 rings (SSSR count). The Balaban J connectivity index is 1.99. The normalized spacial score (nSPS) is 9.87. The molecule has 1 aromatic heterocycles. The molecule has 0 spiro atoms. The zero-order chi connectivity index (χ0) is 10.5. The molecule has 1 heterocycles. The van der Waals surface area contributed by atoms with Crippen LogP contribution in [0.5, 0.6) is 0 Å². The van der Waals surface area contributed by atoms with Crippen molar-refractivity contribution in [2.24, 2.45) is 0 Å². The van der Waals surface area contributed by atoms with Crippen LogP contribution in [0.2, 0.25) is 0 Å². The summed E-state index contributed by atoms with van der Waals surface area (Å²) in [5.74, 6) is 1.12. The maximum absolute atomic E-state index is 5.51. The number of hydrogen-bond donors (Lipinski definition) is 2. The van der Waals surface area contributed by atoms with Gasteiger partial charge in [0.05, 0.1) is 12.4 Å². The van der Waals surface area contributed by atoms with E-state index < -0.39 is 0 Å². The minimum absolute atomic E-state index is 0.424. The minimum Gasteiger partial charge on any atom is -0.382 e. The summed E-state index contributed by atoms with van der Waals surface area (Å²) in [5.41, 5.74) is 6.71.